The van der Waals surface area contributed by atoms with Gasteiger partial charge < -0.3 is 34.3 Å². The summed E-state index contributed by atoms with van der Waals surface area (Å²) >= 11 is 0. The third-order valence-electron chi connectivity index (χ3n) is 10.1. The molecule has 0 bridgehead atoms. The van der Waals surface area contributed by atoms with Crippen LogP contribution in [0.1, 0.15) is 168 Å². The van der Waals surface area contributed by atoms with Crippen molar-refractivity contribution < 1.29 is 56.8 Å². The summed E-state index contributed by atoms with van der Waals surface area (Å²) in [5, 5.41) is 30.9. The SMILES string of the molecule is CC/C=C/C/C=C/C/C=C/CCCCCCCC(=O)O[C@H](COC(=O)CCCCCCCCC/C=C/C/C=C/CCCCC)CO[C@H]1O[C@H](CS(=O)(=O)O)[C@@H](O)C(O)C1O. The standard InChI is InChI=1S/C47H80O12S/c1-3-5-7-9-11-13-15-17-19-20-22-23-25-27-29-31-33-35-42(48)56-37-40(38-57-47-46(52)45(51)44(50)41(59-47)39-60(53,54)55)58-43(49)36-34-32-30-28-26-24-21-18-16-14-12-10-8-6-4-2/h6,8,11-14,17-19,21,40-41,44-47,50-52H,3-5,7,9-10,15-16,20,22-39H2,1-2H3,(H,53,54,55)/b8-6+,13-11+,14-12+,19-17+,21-18+/t40-,41-,44-,45?,46?,47+/m1/s1. The number of allylic oxidation sites excluding steroid dienone is 10. The summed E-state index contributed by atoms with van der Waals surface area (Å²) in [6, 6.07) is 0. The maximum absolute atomic E-state index is 12.8. The molecule has 1 aliphatic rings. The summed E-state index contributed by atoms with van der Waals surface area (Å²) in [7, 11) is -4.61. The molecule has 0 aromatic heterocycles. The zero-order valence-corrected chi connectivity index (χ0v) is 37.6. The Morgan fingerprint density at radius 1 is 0.583 bits per heavy atom. The van der Waals surface area contributed by atoms with Gasteiger partial charge in [-0.2, -0.15) is 8.42 Å². The van der Waals surface area contributed by atoms with Gasteiger partial charge in [0, 0.05) is 12.8 Å². The van der Waals surface area contributed by atoms with E-state index >= 15 is 0 Å². The highest BCUT2D eigenvalue weighted by molar-refractivity contribution is 7.85. The normalized spacial score (nSPS) is 20.7. The van der Waals surface area contributed by atoms with Crippen LogP contribution in [0.4, 0.5) is 0 Å². The largest absolute Gasteiger partial charge is 0.462 e. The van der Waals surface area contributed by atoms with Gasteiger partial charge in [0.1, 0.15) is 36.8 Å². The van der Waals surface area contributed by atoms with E-state index < -0.39 is 71.2 Å². The topological polar surface area (TPSA) is 186 Å². The lowest BCUT2D eigenvalue weighted by atomic mass is 10.00. The number of esters is 2. The molecule has 6 atom stereocenters. The first-order valence-corrected chi connectivity index (χ1v) is 24.5. The fourth-order valence-electron chi connectivity index (χ4n) is 6.54. The second kappa shape index (κ2) is 37.0. The third-order valence-corrected chi connectivity index (χ3v) is 10.8. The van der Waals surface area contributed by atoms with E-state index in [2.05, 4.69) is 74.6 Å². The number of ether oxygens (including phenoxy) is 4. The molecule has 346 valence electrons. The molecule has 0 aliphatic carbocycles. The molecule has 60 heavy (non-hydrogen) atoms. The van der Waals surface area contributed by atoms with Crippen molar-refractivity contribution in [2.45, 2.75) is 205 Å². The van der Waals surface area contributed by atoms with E-state index in [0.717, 1.165) is 89.9 Å². The molecule has 12 nitrogen and oxygen atoms in total. The molecule has 0 aromatic carbocycles. The van der Waals surface area contributed by atoms with Crippen LogP contribution in [0, 0.1) is 0 Å². The Morgan fingerprint density at radius 2 is 1.05 bits per heavy atom. The molecule has 0 radical (unpaired) electrons. The van der Waals surface area contributed by atoms with Crippen molar-refractivity contribution in [1.82, 2.24) is 0 Å². The zero-order chi connectivity index (χ0) is 44.1. The highest BCUT2D eigenvalue weighted by Crippen LogP contribution is 2.24. The molecule has 0 aromatic rings. The number of aliphatic hydroxyl groups is 3. The predicted molar refractivity (Wildman–Crippen MR) is 238 cm³/mol. The second-order valence-electron chi connectivity index (χ2n) is 15.7. The summed E-state index contributed by atoms with van der Waals surface area (Å²) in [6.45, 7) is 3.59. The van der Waals surface area contributed by atoms with Crippen molar-refractivity contribution >= 4 is 22.1 Å². The summed E-state index contributed by atoms with van der Waals surface area (Å²) in [5.74, 6) is -2.02. The van der Waals surface area contributed by atoms with Gasteiger partial charge in [-0.05, 0) is 77.0 Å². The molecule has 13 heteroatoms. The lowest BCUT2D eigenvalue weighted by Crippen LogP contribution is -2.60. The lowest BCUT2D eigenvalue weighted by molar-refractivity contribution is -0.297. The van der Waals surface area contributed by atoms with E-state index in [1.54, 1.807) is 0 Å². The predicted octanol–water partition coefficient (Wildman–Crippen LogP) is 9.34. The molecular weight excluding hydrogens is 789 g/mol. The minimum Gasteiger partial charge on any atom is -0.462 e. The second-order valence-corrected chi connectivity index (χ2v) is 17.2. The first-order valence-electron chi connectivity index (χ1n) is 22.8. The maximum atomic E-state index is 12.8. The number of carbonyl (C=O) groups is 2. The Hall–Kier alpha value is -2.65. The Morgan fingerprint density at radius 3 is 1.57 bits per heavy atom. The van der Waals surface area contributed by atoms with Gasteiger partial charge in [-0.1, -0.05) is 139 Å². The number of hydrogen-bond donors (Lipinski definition) is 4. The molecule has 1 saturated heterocycles. The molecule has 1 fully saturated rings. The van der Waals surface area contributed by atoms with Crippen LogP contribution in [-0.2, 0) is 38.7 Å². The van der Waals surface area contributed by atoms with Crippen LogP contribution in [0.3, 0.4) is 0 Å². The first-order chi connectivity index (χ1) is 29.0. The van der Waals surface area contributed by atoms with Crippen LogP contribution in [0.2, 0.25) is 0 Å². The van der Waals surface area contributed by atoms with Gasteiger partial charge in [0.25, 0.3) is 10.1 Å². The highest BCUT2D eigenvalue weighted by atomic mass is 32.2. The minimum atomic E-state index is -4.61. The van der Waals surface area contributed by atoms with Crippen LogP contribution >= 0.6 is 0 Å². The summed E-state index contributed by atoms with van der Waals surface area (Å²) in [5.41, 5.74) is 0. The van der Waals surface area contributed by atoms with Crippen molar-refractivity contribution in [1.29, 1.82) is 0 Å². The zero-order valence-electron chi connectivity index (χ0n) is 36.8. The average Bonchev–Trinajstić information content (AvgIpc) is 3.21. The van der Waals surface area contributed by atoms with E-state index in [0.29, 0.717) is 12.8 Å². The van der Waals surface area contributed by atoms with Crippen LogP contribution in [0.25, 0.3) is 0 Å². The number of unbranched alkanes of at least 4 members (excludes halogenated alkanes) is 15. The number of carbonyl (C=O) groups excluding carboxylic acids is 2. The molecule has 2 unspecified atom stereocenters. The fraction of sp³-hybridized carbons (Fsp3) is 0.745. The summed E-state index contributed by atoms with van der Waals surface area (Å²) < 4.78 is 54.0. The van der Waals surface area contributed by atoms with Gasteiger partial charge in [-0.25, -0.2) is 0 Å². The molecule has 4 N–H and O–H groups in total. The smallest absolute Gasteiger partial charge is 0.306 e. The van der Waals surface area contributed by atoms with E-state index in [9.17, 15) is 37.9 Å². The van der Waals surface area contributed by atoms with Crippen LogP contribution in [0.5, 0.6) is 0 Å². The van der Waals surface area contributed by atoms with Crippen molar-refractivity contribution in [2.24, 2.45) is 0 Å². The molecule has 1 aliphatic heterocycles. The van der Waals surface area contributed by atoms with Crippen molar-refractivity contribution in [3.05, 3.63) is 60.8 Å². The number of hydrogen-bond acceptors (Lipinski definition) is 11. The molecular formula is C47H80O12S. The van der Waals surface area contributed by atoms with Crippen LogP contribution < -0.4 is 0 Å². The van der Waals surface area contributed by atoms with Gasteiger partial charge >= 0.3 is 11.9 Å². The monoisotopic (exact) mass is 869 g/mol. The van der Waals surface area contributed by atoms with Gasteiger partial charge in [0.2, 0.25) is 0 Å². The first kappa shape index (κ1) is 55.4. The molecule has 0 amide bonds. The van der Waals surface area contributed by atoms with Crippen molar-refractivity contribution in [3.8, 4) is 0 Å². The lowest BCUT2D eigenvalue weighted by Gasteiger charge is -2.40. The van der Waals surface area contributed by atoms with E-state index in [1.807, 2.05) is 0 Å². The molecule has 1 rings (SSSR count). The Bertz CT molecular complexity index is 1340. The molecule has 0 spiro atoms. The maximum Gasteiger partial charge on any atom is 0.306 e. The number of aliphatic hydroxyl groups excluding tert-OH is 3. The average molecular weight is 869 g/mol. The fourth-order valence-corrected chi connectivity index (χ4v) is 7.23. The van der Waals surface area contributed by atoms with Gasteiger partial charge in [0.05, 0.1) is 6.61 Å². The Labute approximate surface area is 362 Å². The Kier molecular flexibility index (Phi) is 34.1. The van der Waals surface area contributed by atoms with E-state index in [-0.39, 0.29) is 19.4 Å². The van der Waals surface area contributed by atoms with Gasteiger partial charge in [-0.3, -0.25) is 14.1 Å². The molecule has 1 heterocycles. The van der Waals surface area contributed by atoms with Crippen LogP contribution in [0.15, 0.2) is 60.8 Å². The highest BCUT2D eigenvalue weighted by Gasteiger charge is 2.46. The number of rotatable bonds is 37. The van der Waals surface area contributed by atoms with Crippen molar-refractivity contribution in [3.63, 3.8) is 0 Å². The third kappa shape index (κ3) is 31.2. The minimum absolute atomic E-state index is 0.140. The summed E-state index contributed by atoms with van der Waals surface area (Å²) in [6.07, 6.45) is 35.4. The van der Waals surface area contributed by atoms with E-state index in [4.69, 9.17) is 18.9 Å². The van der Waals surface area contributed by atoms with Gasteiger partial charge in [0.15, 0.2) is 12.4 Å². The van der Waals surface area contributed by atoms with E-state index in [1.165, 1.54) is 38.5 Å². The van der Waals surface area contributed by atoms with Crippen LogP contribution in [-0.4, -0.2) is 96.0 Å². The van der Waals surface area contributed by atoms with Gasteiger partial charge in [-0.15, -0.1) is 0 Å². The Balaban J connectivity index is 2.46. The molecule has 0 saturated carbocycles. The summed E-state index contributed by atoms with van der Waals surface area (Å²) in [4.78, 5) is 25.4. The quantitative estimate of drug-likeness (QED) is 0.0201. The van der Waals surface area contributed by atoms with Crippen molar-refractivity contribution in [2.75, 3.05) is 19.0 Å².